The summed E-state index contributed by atoms with van der Waals surface area (Å²) in [7, 11) is 1.87. The van der Waals surface area contributed by atoms with E-state index in [9.17, 15) is 9.00 Å². The second kappa shape index (κ2) is 14.2. The van der Waals surface area contributed by atoms with Crippen molar-refractivity contribution in [1.29, 1.82) is 0 Å². The number of amides is 1. The number of hydrogen-bond acceptors (Lipinski definition) is 9. The van der Waals surface area contributed by atoms with Crippen LogP contribution in [0.15, 0.2) is 59.1 Å². The van der Waals surface area contributed by atoms with E-state index in [1.807, 2.05) is 25.1 Å². The van der Waals surface area contributed by atoms with Crippen molar-refractivity contribution in [2.75, 3.05) is 54.5 Å². The summed E-state index contributed by atoms with van der Waals surface area (Å²) in [4.78, 5) is 25.7. The fourth-order valence-corrected chi connectivity index (χ4v) is 10.9. The number of halogens is 1. The predicted octanol–water partition coefficient (Wildman–Crippen LogP) is 6.80. The highest BCUT2D eigenvalue weighted by atomic mass is 35.5. The van der Waals surface area contributed by atoms with E-state index in [1.165, 1.54) is 11.1 Å². The van der Waals surface area contributed by atoms with Gasteiger partial charge in [-0.3, -0.25) is 14.2 Å². The number of ether oxygens (including phenoxy) is 2. The van der Waals surface area contributed by atoms with Gasteiger partial charge in [-0.25, -0.2) is 4.21 Å². The molecule has 0 radical (unpaired) electrons. The Balaban J connectivity index is 1.23. The van der Waals surface area contributed by atoms with Crippen molar-refractivity contribution >= 4 is 55.9 Å². The number of fused-ring (bicyclic) bond motifs is 5. The molecule has 4 heterocycles. The second-order valence-corrected chi connectivity index (χ2v) is 17.7. The Morgan fingerprint density at radius 2 is 2.02 bits per heavy atom. The second-order valence-electron chi connectivity index (χ2n) is 15.2. The summed E-state index contributed by atoms with van der Waals surface area (Å²) >= 11 is 6.48. The largest absolute Gasteiger partial charge is 0.490 e. The van der Waals surface area contributed by atoms with Gasteiger partial charge in [0.1, 0.15) is 15.7 Å². The molecular formula is C39H47ClN8O4S. The molecule has 1 fully saturated rings. The molecule has 2 aromatic heterocycles. The summed E-state index contributed by atoms with van der Waals surface area (Å²) in [5.74, 6) is 1.55. The van der Waals surface area contributed by atoms with Crippen LogP contribution < -0.4 is 19.7 Å². The van der Waals surface area contributed by atoms with E-state index in [2.05, 4.69) is 58.7 Å². The fraction of sp³-hybridized carbons (Fsp3) is 0.487. The van der Waals surface area contributed by atoms with Gasteiger partial charge in [0, 0.05) is 56.5 Å². The number of aryl methyl sites for hydroxylation is 2. The lowest BCUT2D eigenvalue weighted by Crippen LogP contribution is -2.49. The maximum Gasteiger partial charge on any atom is 0.286 e. The molecule has 0 saturated heterocycles. The van der Waals surface area contributed by atoms with Crippen molar-refractivity contribution in [3.05, 3.63) is 76.5 Å². The van der Waals surface area contributed by atoms with E-state index in [1.54, 1.807) is 38.2 Å². The van der Waals surface area contributed by atoms with Gasteiger partial charge >= 0.3 is 0 Å². The van der Waals surface area contributed by atoms with Crippen molar-refractivity contribution in [3.63, 3.8) is 0 Å². The van der Waals surface area contributed by atoms with Crippen molar-refractivity contribution in [1.82, 2.24) is 19.7 Å². The van der Waals surface area contributed by atoms with Gasteiger partial charge in [0.05, 0.1) is 29.5 Å². The van der Waals surface area contributed by atoms with Crippen LogP contribution in [0, 0.1) is 17.8 Å². The molecule has 14 heteroatoms. The Labute approximate surface area is 316 Å². The lowest BCUT2D eigenvalue weighted by atomic mass is 9.68. The molecule has 1 spiro atoms. The minimum atomic E-state index is -3.40. The zero-order valence-corrected chi connectivity index (χ0v) is 32.3. The van der Waals surface area contributed by atoms with E-state index in [0.29, 0.717) is 53.2 Å². The number of allylic oxidation sites excluding steroid dienone is 1. The first-order valence-corrected chi connectivity index (χ1v) is 20.6. The van der Waals surface area contributed by atoms with Crippen LogP contribution in [-0.4, -0.2) is 75.6 Å². The molecule has 0 unspecified atom stereocenters. The smallest absolute Gasteiger partial charge is 0.286 e. The molecule has 4 aromatic rings. The highest BCUT2D eigenvalue weighted by molar-refractivity contribution is 7.95. The lowest BCUT2D eigenvalue weighted by molar-refractivity contribution is 0.0131. The van der Waals surface area contributed by atoms with Crippen molar-refractivity contribution in [3.8, 4) is 5.75 Å². The monoisotopic (exact) mass is 758 g/mol. The van der Waals surface area contributed by atoms with E-state index in [-0.39, 0.29) is 23.2 Å². The number of carbonyl (C=O) groups excluding carboxylic acids is 1. The molecule has 8 rings (SSSR count). The van der Waals surface area contributed by atoms with Gasteiger partial charge in [-0.1, -0.05) is 36.7 Å². The first-order valence-electron chi connectivity index (χ1n) is 18.5. The Kier molecular flexibility index (Phi) is 9.61. The van der Waals surface area contributed by atoms with E-state index in [4.69, 9.17) is 21.1 Å². The molecule has 2 bridgehead atoms. The molecule has 2 aromatic carbocycles. The Morgan fingerprint density at radius 3 is 2.81 bits per heavy atom. The van der Waals surface area contributed by atoms with Gasteiger partial charge in [0.2, 0.25) is 5.95 Å². The van der Waals surface area contributed by atoms with Crippen LogP contribution in [0.2, 0.25) is 5.02 Å². The molecule has 1 amide bonds. The standard InChI is InChI=1S/C39H47ClN8O4S/c1-24-7-5-9-33(51-4)29-13-10-27(29)19-48-22-39(16-6-8-25-17-28(40)12-14-31(25)39)23-52-34-15-11-26(18-32(34)48)37(49)46-53(50,21-24)45-36-30-20-47(3)44-35(30)42-38(41-2)43-36/h5,9,11-12,14-15,17-18,20,24,27,29,33H,6-8,10,13,16,19,21-23H2,1-4H3,(H2,41,42,43,44,45,46,49,50)/b9-5+/t24-,27-,29+,33-,39-,53+/m0/s1. The van der Waals surface area contributed by atoms with Gasteiger partial charge in [-0.05, 0) is 97.7 Å². The third kappa shape index (κ3) is 6.99. The van der Waals surface area contributed by atoms with Crippen molar-refractivity contribution in [2.45, 2.75) is 57.0 Å². The zero-order valence-electron chi connectivity index (χ0n) is 30.7. The summed E-state index contributed by atoms with van der Waals surface area (Å²) in [6, 6.07) is 11.8. The van der Waals surface area contributed by atoms with Crippen LogP contribution in [0.4, 0.5) is 17.5 Å². The van der Waals surface area contributed by atoms with Crippen LogP contribution in [0.5, 0.6) is 5.75 Å². The minimum absolute atomic E-state index is 0.0389. The highest BCUT2D eigenvalue weighted by Gasteiger charge is 2.44. The third-order valence-corrected chi connectivity index (χ3v) is 13.7. The first-order chi connectivity index (χ1) is 25.5. The zero-order chi connectivity index (χ0) is 36.9. The molecular weight excluding hydrogens is 712 g/mol. The molecule has 1 saturated carbocycles. The molecule has 280 valence electrons. The number of nitrogens with one attached hydrogen (secondary N) is 2. The van der Waals surface area contributed by atoms with Gasteiger partial charge in [0.25, 0.3) is 5.91 Å². The molecule has 53 heavy (non-hydrogen) atoms. The van der Waals surface area contributed by atoms with E-state index >= 15 is 0 Å². The third-order valence-electron chi connectivity index (χ3n) is 11.5. The van der Waals surface area contributed by atoms with Gasteiger partial charge < -0.3 is 19.7 Å². The number of aromatic nitrogens is 4. The number of carbonyl (C=O) groups is 1. The van der Waals surface area contributed by atoms with Crippen LogP contribution in [0.1, 0.15) is 60.5 Å². The highest BCUT2D eigenvalue weighted by Crippen LogP contribution is 2.47. The number of rotatable bonds is 4. The van der Waals surface area contributed by atoms with E-state index in [0.717, 1.165) is 61.7 Å². The number of hydrogen-bond donors (Lipinski definition) is 2. The quantitative estimate of drug-likeness (QED) is 0.215. The summed E-state index contributed by atoms with van der Waals surface area (Å²) in [5.41, 5.74) is 3.95. The SMILES string of the molecule is CNc1nc(N[S@@]2(=O)=NC(=O)c3ccc4c(c3)N(C[C@@H]3CC[C@H]3[C@@H](OC)/C=C/C[C@H](C)C2)C[C@@]2(CCCc3cc(Cl)ccc32)CO4)c2cn(C)nc2n1. The summed E-state index contributed by atoms with van der Waals surface area (Å²) in [6.07, 6.45) is 11.9. The number of methoxy groups -OCH3 is 1. The number of anilines is 3. The van der Waals surface area contributed by atoms with Gasteiger partial charge in [0.15, 0.2) is 11.5 Å². The Bertz CT molecular complexity index is 2220. The maximum absolute atomic E-state index is 15.0. The molecule has 2 aliphatic carbocycles. The van der Waals surface area contributed by atoms with Crippen LogP contribution >= 0.6 is 11.6 Å². The fourth-order valence-electron chi connectivity index (χ4n) is 8.73. The van der Waals surface area contributed by atoms with Crippen molar-refractivity contribution < 1.29 is 18.5 Å². The van der Waals surface area contributed by atoms with E-state index < -0.39 is 15.8 Å². The van der Waals surface area contributed by atoms with Gasteiger partial charge in [-0.15, -0.1) is 4.36 Å². The first kappa shape index (κ1) is 35.8. The summed E-state index contributed by atoms with van der Waals surface area (Å²) in [6.45, 7) is 4.07. The average molecular weight is 759 g/mol. The minimum Gasteiger partial charge on any atom is -0.490 e. The maximum atomic E-state index is 15.0. The Hall–Kier alpha value is -4.20. The molecule has 2 aliphatic heterocycles. The summed E-state index contributed by atoms with van der Waals surface area (Å²) < 4.78 is 37.0. The van der Waals surface area contributed by atoms with Crippen LogP contribution in [-0.2, 0) is 33.5 Å². The molecule has 6 atom stereocenters. The van der Waals surface area contributed by atoms with Gasteiger partial charge in [-0.2, -0.15) is 15.1 Å². The normalized spacial score (nSPS) is 29.2. The Morgan fingerprint density at radius 1 is 1.15 bits per heavy atom. The van der Waals surface area contributed by atoms with Crippen LogP contribution in [0.25, 0.3) is 11.0 Å². The lowest BCUT2D eigenvalue weighted by Gasteiger charge is -2.46. The van der Waals surface area contributed by atoms with Crippen molar-refractivity contribution in [2.24, 2.45) is 29.2 Å². The molecule has 4 aliphatic rings. The summed E-state index contributed by atoms with van der Waals surface area (Å²) in [5, 5.41) is 8.71. The molecule has 2 N–H and O–H groups in total. The topological polar surface area (TPSA) is 136 Å². The molecule has 12 nitrogen and oxygen atoms in total. The predicted molar refractivity (Wildman–Crippen MR) is 209 cm³/mol. The average Bonchev–Trinajstić information content (AvgIpc) is 3.43. The number of nitrogens with zero attached hydrogens (tertiary/aromatic N) is 6. The van der Waals surface area contributed by atoms with Crippen LogP contribution in [0.3, 0.4) is 0 Å². The number of benzene rings is 2.